The zero-order valence-electron chi connectivity index (χ0n) is 33.9. The monoisotopic (exact) mass is 810 g/mol. The fourth-order valence-electron chi connectivity index (χ4n) is 11.8. The zero-order valence-corrected chi connectivity index (χ0v) is 33.9. The van der Waals surface area contributed by atoms with Crippen molar-refractivity contribution in [1.82, 2.24) is 10.3 Å². The van der Waals surface area contributed by atoms with Crippen LogP contribution in [-0.2, 0) is 39.8 Å². The van der Waals surface area contributed by atoms with Crippen molar-refractivity contribution in [3.8, 4) is 0 Å². The van der Waals surface area contributed by atoms with Crippen molar-refractivity contribution in [2.75, 3.05) is 39.6 Å². The van der Waals surface area contributed by atoms with E-state index in [1.165, 1.54) is 37.8 Å². The number of aromatic nitrogens is 2. The molecule has 58 heavy (non-hydrogen) atoms. The number of nitro benzene ring substituents is 1. The number of benzene rings is 1. The van der Waals surface area contributed by atoms with Gasteiger partial charge in [-0.3, -0.25) is 24.5 Å². The molecule has 4 saturated carbocycles. The number of rotatable bonds is 20. The van der Waals surface area contributed by atoms with E-state index in [1.54, 1.807) is 0 Å². The molecule has 17 nitrogen and oxygen atoms in total. The Morgan fingerprint density at radius 1 is 1.00 bits per heavy atom. The quantitative estimate of drug-likeness (QED) is 0.0258. The van der Waals surface area contributed by atoms with Crippen molar-refractivity contribution < 1.29 is 48.0 Å². The third-order valence-corrected chi connectivity index (χ3v) is 14.6. The van der Waals surface area contributed by atoms with Crippen LogP contribution in [0.25, 0.3) is 21.5 Å². The molecule has 0 bridgehead atoms. The lowest BCUT2D eigenvalue weighted by molar-refractivity contribution is -0.383. The molecule has 0 spiro atoms. The number of hydrogen-bond donors (Lipinski definition) is 1. The molecular formula is C41H58N6O11. The first-order chi connectivity index (χ1) is 27.9. The van der Waals surface area contributed by atoms with Crippen molar-refractivity contribution in [2.24, 2.45) is 57.4 Å². The molecule has 6 rings (SSSR count). The van der Waals surface area contributed by atoms with Gasteiger partial charge in [-0.05, 0) is 144 Å². The molecule has 1 N–H and O–H groups in total. The molecule has 1 heterocycles. The van der Waals surface area contributed by atoms with Crippen LogP contribution in [0, 0.1) is 62.4 Å². The Morgan fingerprint density at radius 3 is 2.48 bits per heavy atom. The van der Waals surface area contributed by atoms with Crippen LogP contribution in [0.1, 0.15) is 103 Å². The predicted octanol–water partition coefficient (Wildman–Crippen LogP) is 7.64. The third kappa shape index (κ3) is 9.58. The van der Waals surface area contributed by atoms with E-state index in [1.807, 2.05) is 0 Å². The van der Waals surface area contributed by atoms with Gasteiger partial charge >= 0.3 is 23.6 Å². The van der Waals surface area contributed by atoms with Gasteiger partial charge in [-0.1, -0.05) is 25.9 Å². The topological polar surface area (TPSA) is 239 Å². The summed E-state index contributed by atoms with van der Waals surface area (Å²) in [6.07, 6.45) is 9.91. The summed E-state index contributed by atoms with van der Waals surface area (Å²) in [7, 11) is 0. The predicted molar refractivity (Wildman–Crippen MR) is 208 cm³/mol. The Balaban J connectivity index is 0.977. The molecule has 2 aromatic rings. The van der Waals surface area contributed by atoms with Crippen molar-refractivity contribution in [2.45, 2.75) is 110 Å². The van der Waals surface area contributed by atoms with Crippen LogP contribution in [-0.4, -0.2) is 83.9 Å². The van der Waals surface area contributed by atoms with E-state index in [-0.39, 0.29) is 59.2 Å². The Bertz CT molecular complexity index is 1830. The van der Waals surface area contributed by atoms with Crippen LogP contribution in [0.3, 0.4) is 0 Å². The highest BCUT2D eigenvalue weighted by atomic mass is 16.6. The van der Waals surface area contributed by atoms with Gasteiger partial charge in [0.05, 0.1) is 43.7 Å². The maximum atomic E-state index is 13.6. The second kappa shape index (κ2) is 19.2. The number of azide groups is 1. The fourth-order valence-corrected chi connectivity index (χ4v) is 11.8. The van der Waals surface area contributed by atoms with Crippen LogP contribution in [0.15, 0.2) is 21.9 Å². The van der Waals surface area contributed by atoms with Crippen LogP contribution >= 0.6 is 0 Å². The number of fused-ring (bicyclic) bond motifs is 6. The molecule has 1 aromatic heterocycles. The third-order valence-electron chi connectivity index (χ3n) is 14.6. The van der Waals surface area contributed by atoms with Gasteiger partial charge in [0.15, 0.2) is 0 Å². The summed E-state index contributed by atoms with van der Waals surface area (Å²) in [6, 6.07) is 2.73. The number of nitrogens with zero attached hydrogens (tertiary/aromatic N) is 6. The maximum Gasteiger partial charge on any atom is 0.310 e. The number of carbonyl (C=O) groups is 3. The summed E-state index contributed by atoms with van der Waals surface area (Å²) in [5, 5.41) is 32.0. The van der Waals surface area contributed by atoms with Gasteiger partial charge in [-0.25, -0.2) is 4.63 Å². The van der Waals surface area contributed by atoms with Crippen molar-refractivity contribution >= 4 is 34.6 Å². The van der Waals surface area contributed by atoms with E-state index in [9.17, 15) is 29.6 Å². The highest BCUT2D eigenvalue weighted by molar-refractivity contribution is 5.87. The van der Waals surface area contributed by atoms with Gasteiger partial charge in [0.2, 0.25) is 5.52 Å². The molecule has 4 fully saturated rings. The van der Waals surface area contributed by atoms with Crippen LogP contribution < -0.4 is 0 Å². The fraction of sp³-hybridized carbons (Fsp3) is 0.780. The molecule has 1 aromatic carbocycles. The molecule has 1 unspecified atom stereocenters. The lowest BCUT2D eigenvalue weighted by atomic mass is 9.44. The highest BCUT2D eigenvalue weighted by Gasteiger charge is 2.60. The first kappa shape index (κ1) is 43.2. The molecule has 17 heteroatoms. The summed E-state index contributed by atoms with van der Waals surface area (Å²) in [5.74, 6) is 0.408. The second-order valence-electron chi connectivity index (χ2n) is 17.6. The minimum atomic E-state index is -1.14. The smallest absolute Gasteiger partial charge is 0.310 e. The summed E-state index contributed by atoms with van der Waals surface area (Å²) in [5.41, 5.74) is 8.91. The first-order valence-corrected chi connectivity index (χ1v) is 21.0. The van der Waals surface area contributed by atoms with Gasteiger partial charge in [-0.2, -0.15) is 0 Å². The SMILES string of the molecule is C[C@H](CCC(=O)OCCOCCOCCN=[N+]=[N-])C1CC[C@H]2[C@@H]3CC[C@@H]4C[C@H](OC(=O)[C@H](CC(=O)O)Cc5ccc([N+](=O)[O-])c6nonc56)CC[C@]4(C)[C@H]3CC[C@]12C. The largest absolute Gasteiger partial charge is 0.481 e. The summed E-state index contributed by atoms with van der Waals surface area (Å²) in [6.45, 7) is 9.19. The zero-order chi connectivity index (χ0) is 41.5. The van der Waals surface area contributed by atoms with Crippen molar-refractivity contribution in [3.63, 3.8) is 0 Å². The number of esters is 2. The van der Waals surface area contributed by atoms with Gasteiger partial charge in [0, 0.05) is 23.9 Å². The number of aliphatic carboxylic acids is 1. The molecule has 318 valence electrons. The number of carboxylic acid groups (broad SMARTS) is 1. The number of carboxylic acids is 1. The van der Waals surface area contributed by atoms with Gasteiger partial charge < -0.3 is 24.1 Å². The molecule has 10 atom stereocenters. The van der Waals surface area contributed by atoms with E-state index >= 15 is 0 Å². The Kier molecular flexibility index (Phi) is 14.3. The molecule has 4 aliphatic carbocycles. The maximum absolute atomic E-state index is 13.6. The van der Waals surface area contributed by atoms with Crippen LogP contribution in [0.2, 0.25) is 0 Å². The van der Waals surface area contributed by atoms with E-state index in [4.69, 9.17) is 29.1 Å². The standard InChI is InChI=1S/C41H58N6O11/c1-25(4-11-36(50)56-21-20-55-19-18-54-17-16-43-46-42)31-8-9-32-30-7-6-28-24-29(12-14-40(28,2)33(30)13-15-41(31,32)3)57-39(51)27(23-35(48)49)22-26-5-10-34(47(52)53)38-37(26)44-58-45-38/h5,10,25,27-33H,4,6-9,11-24H2,1-3H3,(H,48,49)/t25-,27+,28-,29-,30+,31?,32+,33+,40+,41-/m1/s1. The van der Waals surface area contributed by atoms with Crippen molar-refractivity contribution in [1.29, 1.82) is 0 Å². The molecule has 0 amide bonds. The van der Waals surface area contributed by atoms with Crippen LogP contribution in [0.5, 0.6) is 0 Å². The van der Waals surface area contributed by atoms with E-state index in [2.05, 4.69) is 41.1 Å². The molecule has 0 saturated heterocycles. The van der Waals surface area contributed by atoms with Gasteiger partial charge in [0.25, 0.3) is 0 Å². The minimum Gasteiger partial charge on any atom is -0.481 e. The van der Waals surface area contributed by atoms with E-state index < -0.39 is 29.2 Å². The number of ether oxygens (including phenoxy) is 4. The molecule has 4 aliphatic rings. The summed E-state index contributed by atoms with van der Waals surface area (Å²) < 4.78 is 27.1. The minimum absolute atomic E-state index is 0.0220. The molecule has 0 aliphatic heterocycles. The second-order valence-corrected chi connectivity index (χ2v) is 17.6. The molecule has 0 radical (unpaired) electrons. The van der Waals surface area contributed by atoms with Gasteiger partial charge in [-0.15, -0.1) is 0 Å². The lowest BCUT2D eigenvalue weighted by Crippen LogP contribution is -2.54. The van der Waals surface area contributed by atoms with E-state index in [0.29, 0.717) is 73.9 Å². The Morgan fingerprint density at radius 2 is 1.72 bits per heavy atom. The average molecular weight is 811 g/mol. The summed E-state index contributed by atoms with van der Waals surface area (Å²) >= 11 is 0. The summed E-state index contributed by atoms with van der Waals surface area (Å²) in [4.78, 5) is 51.6. The molecular weight excluding hydrogens is 752 g/mol. The number of carbonyl (C=O) groups excluding carboxylic acids is 2. The first-order valence-electron chi connectivity index (χ1n) is 21.0. The highest BCUT2D eigenvalue weighted by Crippen LogP contribution is 2.68. The Hall–Kier alpha value is -4.34. The van der Waals surface area contributed by atoms with Crippen molar-refractivity contribution in [3.05, 3.63) is 38.3 Å². The Labute approximate surface area is 338 Å². The van der Waals surface area contributed by atoms with Gasteiger partial charge in [0.1, 0.15) is 18.2 Å². The van der Waals surface area contributed by atoms with E-state index in [0.717, 1.165) is 38.5 Å². The number of nitro groups is 1. The average Bonchev–Trinajstić information content (AvgIpc) is 3.83. The van der Waals surface area contributed by atoms with Crippen LogP contribution in [0.4, 0.5) is 5.69 Å². The number of hydrogen-bond acceptors (Lipinski definition) is 13. The lowest BCUT2D eigenvalue weighted by Gasteiger charge is -2.61. The normalized spacial score (nSPS) is 29.9. The number of non-ortho nitro benzene ring substituents is 1.